The normalized spacial score (nSPS) is 16.8. The molecule has 3 nitrogen and oxygen atoms in total. The molecule has 1 aromatic rings. The first-order valence-corrected chi connectivity index (χ1v) is 6.85. The molecule has 4 heteroatoms. The number of nitrogens with zero attached hydrogens (tertiary/aromatic N) is 1. The number of carbonyl (C=O) groups excluding carboxylic acids is 1. The number of benzene rings is 1. The Hall–Kier alpha value is -1.42. The number of nitrogens with one attached hydrogen (secondary N) is 1. The third-order valence-corrected chi connectivity index (χ3v) is 3.87. The lowest BCUT2D eigenvalue weighted by atomic mass is 9.88. The fourth-order valence-electron chi connectivity index (χ4n) is 2.36. The van der Waals surface area contributed by atoms with Crippen LogP contribution >= 0.6 is 0 Å². The summed E-state index contributed by atoms with van der Waals surface area (Å²) in [5.41, 5.74) is 0.842. The molecule has 2 rings (SSSR count). The molecule has 1 amide bonds. The van der Waals surface area contributed by atoms with Gasteiger partial charge >= 0.3 is 0 Å². The van der Waals surface area contributed by atoms with Gasteiger partial charge in [-0.2, -0.15) is 0 Å². The molecule has 1 saturated heterocycles. The molecule has 0 aromatic heterocycles. The topological polar surface area (TPSA) is 32.3 Å². The molecule has 104 valence electrons. The molecule has 0 bridgehead atoms. The van der Waals surface area contributed by atoms with Crippen LogP contribution in [-0.2, 0) is 11.3 Å². The van der Waals surface area contributed by atoms with Crippen LogP contribution in [0.3, 0.4) is 0 Å². The number of amides is 1. The summed E-state index contributed by atoms with van der Waals surface area (Å²) in [7, 11) is 0. The van der Waals surface area contributed by atoms with Crippen LogP contribution < -0.4 is 5.32 Å². The van der Waals surface area contributed by atoms with Gasteiger partial charge in [-0.25, -0.2) is 4.39 Å². The number of rotatable bonds is 5. The summed E-state index contributed by atoms with van der Waals surface area (Å²) < 4.78 is 13.2. The minimum atomic E-state index is -0.253. The van der Waals surface area contributed by atoms with Gasteiger partial charge in [0.1, 0.15) is 5.82 Å². The molecule has 1 aliphatic heterocycles. The summed E-state index contributed by atoms with van der Waals surface area (Å²) in [5.74, 6) is 0.388. The first-order chi connectivity index (χ1) is 9.11. The van der Waals surface area contributed by atoms with E-state index in [1.54, 1.807) is 11.0 Å². The summed E-state index contributed by atoms with van der Waals surface area (Å²) in [6, 6.07) is 6.45. The van der Waals surface area contributed by atoms with Crippen LogP contribution in [0.1, 0.15) is 19.4 Å². The molecule has 1 atom stereocenters. The molecular weight excluding hydrogens is 243 g/mol. The highest BCUT2D eigenvalue weighted by molar-refractivity contribution is 5.79. The first-order valence-electron chi connectivity index (χ1n) is 6.85. The van der Waals surface area contributed by atoms with Gasteiger partial charge < -0.3 is 10.2 Å². The SMILES string of the molecule is CCN(Cc1cccc(F)c1)C(=O)C(C)C1CNC1. The van der Waals surface area contributed by atoms with Gasteiger partial charge in [-0.1, -0.05) is 19.1 Å². The van der Waals surface area contributed by atoms with E-state index < -0.39 is 0 Å². The lowest BCUT2D eigenvalue weighted by molar-refractivity contribution is -0.137. The zero-order valence-corrected chi connectivity index (χ0v) is 11.5. The summed E-state index contributed by atoms with van der Waals surface area (Å²) in [4.78, 5) is 14.2. The number of carbonyl (C=O) groups is 1. The Morgan fingerprint density at radius 2 is 2.26 bits per heavy atom. The average Bonchev–Trinajstić information content (AvgIpc) is 2.33. The van der Waals surface area contributed by atoms with Gasteiger partial charge in [-0.05, 0) is 43.6 Å². The van der Waals surface area contributed by atoms with Gasteiger partial charge in [0.05, 0.1) is 0 Å². The summed E-state index contributed by atoms with van der Waals surface area (Å²) in [5, 5.41) is 3.19. The standard InChI is InChI=1S/C15H21FN2O/c1-3-18(10-12-5-4-6-14(16)7-12)15(19)11(2)13-8-17-9-13/h4-7,11,13,17H,3,8-10H2,1-2H3. The van der Waals surface area contributed by atoms with E-state index in [1.165, 1.54) is 12.1 Å². The maximum Gasteiger partial charge on any atom is 0.226 e. The van der Waals surface area contributed by atoms with Gasteiger partial charge in [-0.15, -0.1) is 0 Å². The van der Waals surface area contributed by atoms with E-state index in [1.807, 2.05) is 19.9 Å². The maximum atomic E-state index is 13.2. The third-order valence-electron chi connectivity index (χ3n) is 3.87. The van der Waals surface area contributed by atoms with Gasteiger partial charge in [-0.3, -0.25) is 4.79 Å². The maximum absolute atomic E-state index is 13.2. The highest BCUT2D eigenvalue weighted by Gasteiger charge is 2.31. The zero-order valence-electron chi connectivity index (χ0n) is 11.5. The van der Waals surface area contributed by atoms with Crippen molar-refractivity contribution in [3.05, 3.63) is 35.6 Å². The monoisotopic (exact) mass is 264 g/mol. The highest BCUT2D eigenvalue weighted by Crippen LogP contribution is 2.19. The molecule has 0 aliphatic carbocycles. The molecular formula is C15H21FN2O. The van der Waals surface area contributed by atoms with E-state index in [-0.39, 0.29) is 17.6 Å². The van der Waals surface area contributed by atoms with Crippen molar-refractivity contribution in [2.75, 3.05) is 19.6 Å². The van der Waals surface area contributed by atoms with E-state index in [2.05, 4.69) is 5.32 Å². The number of hydrogen-bond acceptors (Lipinski definition) is 2. The largest absolute Gasteiger partial charge is 0.338 e. The van der Waals surface area contributed by atoms with Crippen molar-refractivity contribution < 1.29 is 9.18 Å². The Kier molecular flexibility index (Phi) is 4.53. The van der Waals surface area contributed by atoms with Crippen molar-refractivity contribution in [2.45, 2.75) is 20.4 Å². The second-order valence-corrected chi connectivity index (χ2v) is 5.19. The summed E-state index contributed by atoms with van der Waals surface area (Å²) in [6.45, 7) is 6.93. The molecule has 0 radical (unpaired) electrons. The molecule has 19 heavy (non-hydrogen) atoms. The zero-order chi connectivity index (χ0) is 13.8. The smallest absolute Gasteiger partial charge is 0.226 e. The van der Waals surface area contributed by atoms with Crippen LogP contribution in [0.5, 0.6) is 0 Å². The number of halogens is 1. The van der Waals surface area contributed by atoms with Crippen molar-refractivity contribution in [2.24, 2.45) is 11.8 Å². The van der Waals surface area contributed by atoms with E-state index >= 15 is 0 Å². The Morgan fingerprint density at radius 3 is 2.79 bits per heavy atom. The Labute approximate surface area is 113 Å². The van der Waals surface area contributed by atoms with Gasteiger partial charge in [0.25, 0.3) is 0 Å². The Balaban J connectivity index is 2.00. The second kappa shape index (κ2) is 6.15. The molecule has 1 heterocycles. The van der Waals surface area contributed by atoms with Crippen LogP contribution in [0.4, 0.5) is 4.39 Å². The van der Waals surface area contributed by atoms with Crippen molar-refractivity contribution in [3.8, 4) is 0 Å². The molecule has 1 aromatic carbocycles. The molecule has 1 N–H and O–H groups in total. The quantitative estimate of drug-likeness (QED) is 0.882. The predicted octanol–water partition coefficient (Wildman–Crippen LogP) is 2.03. The summed E-state index contributed by atoms with van der Waals surface area (Å²) in [6.07, 6.45) is 0. The van der Waals surface area contributed by atoms with Crippen molar-refractivity contribution in [1.82, 2.24) is 10.2 Å². The minimum Gasteiger partial charge on any atom is -0.338 e. The van der Waals surface area contributed by atoms with E-state index in [0.29, 0.717) is 19.0 Å². The first kappa shape index (κ1) is 14.0. The lowest BCUT2D eigenvalue weighted by Gasteiger charge is -2.34. The van der Waals surface area contributed by atoms with Gasteiger partial charge in [0, 0.05) is 19.0 Å². The summed E-state index contributed by atoms with van der Waals surface area (Å²) >= 11 is 0. The molecule has 1 fully saturated rings. The van der Waals surface area contributed by atoms with Crippen LogP contribution in [0, 0.1) is 17.7 Å². The van der Waals surface area contributed by atoms with Gasteiger partial charge in [0.2, 0.25) is 5.91 Å². The van der Waals surface area contributed by atoms with E-state index in [9.17, 15) is 9.18 Å². The number of hydrogen-bond donors (Lipinski definition) is 1. The van der Waals surface area contributed by atoms with Crippen molar-refractivity contribution in [3.63, 3.8) is 0 Å². The predicted molar refractivity (Wildman–Crippen MR) is 73.0 cm³/mol. The fourth-order valence-corrected chi connectivity index (χ4v) is 2.36. The minimum absolute atomic E-state index is 0.0368. The fraction of sp³-hybridized carbons (Fsp3) is 0.533. The molecule has 0 saturated carbocycles. The van der Waals surface area contributed by atoms with E-state index in [4.69, 9.17) is 0 Å². The Bertz CT molecular complexity index is 446. The van der Waals surface area contributed by atoms with Crippen molar-refractivity contribution in [1.29, 1.82) is 0 Å². The Morgan fingerprint density at radius 1 is 1.53 bits per heavy atom. The van der Waals surface area contributed by atoms with Crippen LogP contribution in [0.2, 0.25) is 0 Å². The molecule has 1 unspecified atom stereocenters. The van der Waals surface area contributed by atoms with E-state index in [0.717, 1.165) is 18.7 Å². The third kappa shape index (κ3) is 3.32. The lowest BCUT2D eigenvalue weighted by Crippen LogP contribution is -2.50. The second-order valence-electron chi connectivity index (χ2n) is 5.19. The van der Waals surface area contributed by atoms with Gasteiger partial charge in [0.15, 0.2) is 0 Å². The van der Waals surface area contributed by atoms with Crippen molar-refractivity contribution >= 4 is 5.91 Å². The molecule has 1 aliphatic rings. The van der Waals surface area contributed by atoms with Crippen LogP contribution in [0.15, 0.2) is 24.3 Å². The van der Waals surface area contributed by atoms with Crippen LogP contribution in [0.25, 0.3) is 0 Å². The van der Waals surface area contributed by atoms with Crippen LogP contribution in [-0.4, -0.2) is 30.4 Å². The molecule has 0 spiro atoms. The average molecular weight is 264 g/mol. The highest BCUT2D eigenvalue weighted by atomic mass is 19.1.